The Balaban J connectivity index is 0.00000480. The van der Waals surface area contributed by atoms with Crippen LogP contribution in [-0.2, 0) is 24.1 Å². The predicted octanol–water partition coefficient (Wildman–Crippen LogP) is 3.66. The second kappa shape index (κ2) is 12.4. The number of likely N-dealkylation sites (N-methyl/N-ethyl adjacent to an activating group) is 1. The van der Waals surface area contributed by atoms with Gasteiger partial charge in [0.05, 0.1) is 25.8 Å². The average molecular weight is 550 g/mol. The molecule has 170 valence electrons. The Hall–Kier alpha value is -2.50. The van der Waals surface area contributed by atoms with E-state index in [0.29, 0.717) is 18.1 Å². The van der Waals surface area contributed by atoms with Crippen molar-refractivity contribution in [3.8, 4) is 5.75 Å². The molecular weight excluding hydrogens is 524 g/mol. The minimum absolute atomic E-state index is 0. The summed E-state index contributed by atoms with van der Waals surface area (Å²) in [6.45, 7) is 0.639. The molecule has 0 aromatic heterocycles. The maximum absolute atomic E-state index is 12.7. The Morgan fingerprint density at radius 2 is 1.58 bits per heavy atom. The van der Waals surface area contributed by atoms with Gasteiger partial charge in [-0.05, 0) is 35.4 Å². The zero-order valence-electron chi connectivity index (χ0n) is 17.5. The molecule has 31 heavy (non-hydrogen) atoms. The van der Waals surface area contributed by atoms with Crippen molar-refractivity contribution in [3.05, 3.63) is 65.2 Å². The molecule has 0 fully saturated rings. The minimum atomic E-state index is -4.37. The fourth-order valence-corrected chi connectivity index (χ4v) is 2.39. The highest BCUT2D eigenvalue weighted by Gasteiger charge is 2.29. The summed E-state index contributed by atoms with van der Waals surface area (Å²) in [6, 6.07) is 12.3. The van der Waals surface area contributed by atoms with Gasteiger partial charge in [0.15, 0.2) is 5.96 Å². The van der Waals surface area contributed by atoms with E-state index in [0.717, 1.165) is 23.4 Å². The van der Waals surface area contributed by atoms with Crippen LogP contribution in [0, 0.1) is 0 Å². The van der Waals surface area contributed by atoms with Crippen molar-refractivity contribution in [1.82, 2.24) is 15.5 Å². The zero-order valence-corrected chi connectivity index (χ0v) is 19.8. The van der Waals surface area contributed by atoms with Gasteiger partial charge >= 0.3 is 6.18 Å². The smallest absolute Gasteiger partial charge is 0.416 e. The van der Waals surface area contributed by atoms with Crippen LogP contribution in [0.2, 0.25) is 0 Å². The number of aliphatic imine (C=N–C) groups is 1. The fourth-order valence-electron chi connectivity index (χ4n) is 2.39. The number of benzene rings is 2. The average Bonchev–Trinajstić information content (AvgIpc) is 2.72. The van der Waals surface area contributed by atoms with Crippen LogP contribution in [0.3, 0.4) is 0 Å². The van der Waals surface area contributed by atoms with E-state index in [9.17, 15) is 18.0 Å². The summed E-state index contributed by atoms with van der Waals surface area (Å²) in [5, 5.41) is 5.99. The standard InChI is InChI=1S/C21H25F3N4O2.HI/c1-28(2)19(29)14-27-20(26-13-16-6-10-18(30-3)11-7-16)25-12-15-4-8-17(9-5-15)21(22,23)24;/h4-11H,12-14H2,1-3H3,(H2,25,26,27);1H. The van der Waals surface area contributed by atoms with Crippen molar-refractivity contribution >= 4 is 35.8 Å². The van der Waals surface area contributed by atoms with Gasteiger partial charge < -0.3 is 20.3 Å². The van der Waals surface area contributed by atoms with Crippen LogP contribution in [0.5, 0.6) is 5.75 Å². The van der Waals surface area contributed by atoms with Gasteiger partial charge in [-0.3, -0.25) is 4.79 Å². The summed E-state index contributed by atoms with van der Waals surface area (Å²) in [6.07, 6.45) is -4.37. The molecule has 2 rings (SSSR count). The first-order valence-electron chi connectivity index (χ1n) is 9.20. The molecule has 0 aliphatic rings. The summed E-state index contributed by atoms with van der Waals surface area (Å²) in [5.74, 6) is 0.975. The first-order chi connectivity index (χ1) is 14.2. The van der Waals surface area contributed by atoms with E-state index in [1.165, 1.54) is 17.0 Å². The number of halogens is 4. The Labute approximate surface area is 196 Å². The summed E-state index contributed by atoms with van der Waals surface area (Å²) in [5.41, 5.74) is 0.889. The zero-order chi connectivity index (χ0) is 22.1. The summed E-state index contributed by atoms with van der Waals surface area (Å²) in [4.78, 5) is 17.8. The molecule has 1 amide bonds. The van der Waals surface area contributed by atoms with E-state index in [1.807, 2.05) is 24.3 Å². The Bertz CT molecular complexity index is 854. The van der Waals surface area contributed by atoms with Crippen LogP contribution in [0.4, 0.5) is 13.2 Å². The second-order valence-electron chi connectivity index (χ2n) is 6.70. The highest BCUT2D eigenvalue weighted by Crippen LogP contribution is 2.29. The van der Waals surface area contributed by atoms with Gasteiger partial charge in [0, 0.05) is 20.6 Å². The molecule has 0 saturated carbocycles. The van der Waals surface area contributed by atoms with Crippen molar-refractivity contribution in [3.63, 3.8) is 0 Å². The van der Waals surface area contributed by atoms with Crippen LogP contribution in [0.15, 0.2) is 53.5 Å². The number of rotatable bonds is 7. The van der Waals surface area contributed by atoms with Crippen molar-refractivity contribution in [2.45, 2.75) is 19.3 Å². The summed E-state index contributed by atoms with van der Waals surface area (Å²) in [7, 11) is 4.88. The number of ether oxygens (including phenoxy) is 1. The lowest BCUT2D eigenvalue weighted by molar-refractivity contribution is -0.137. The lowest BCUT2D eigenvalue weighted by atomic mass is 10.1. The van der Waals surface area contributed by atoms with Crippen LogP contribution in [0.1, 0.15) is 16.7 Å². The van der Waals surface area contributed by atoms with Crippen molar-refractivity contribution in [2.24, 2.45) is 4.99 Å². The Morgan fingerprint density at radius 3 is 2.10 bits per heavy atom. The quantitative estimate of drug-likeness (QED) is 0.314. The highest BCUT2D eigenvalue weighted by atomic mass is 127. The lowest BCUT2D eigenvalue weighted by Crippen LogP contribution is -2.42. The van der Waals surface area contributed by atoms with E-state index in [-0.39, 0.29) is 43.0 Å². The second-order valence-corrected chi connectivity index (χ2v) is 6.70. The number of carbonyl (C=O) groups excluding carboxylic acids is 1. The first-order valence-corrected chi connectivity index (χ1v) is 9.20. The van der Waals surface area contributed by atoms with Crippen LogP contribution in [-0.4, -0.2) is 44.5 Å². The van der Waals surface area contributed by atoms with Gasteiger partial charge in [-0.2, -0.15) is 13.2 Å². The van der Waals surface area contributed by atoms with Gasteiger partial charge in [-0.25, -0.2) is 4.99 Å². The fraction of sp³-hybridized carbons (Fsp3) is 0.333. The molecule has 0 heterocycles. The number of hydrogen-bond acceptors (Lipinski definition) is 3. The van der Waals surface area contributed by atoms with Gasteiger partial charge in [0.25, 0.3) is 0 Å². The molecule has 0 unspecified atom stereocenters. The van der Waals surface area contributed by atoms with Crippen LogP contribution in [0.25, 0.3) is 0 Å². The van der Waals surface area contributed by atoms with Gasteiger partial charge in [-0.15, -0.1) is 24.0 Å². The van der Waals surface area contributed by atoms with Crippen molar-refractivity contribution < 1.29 is 22.7 Å². The Kier molecular flexibility index (Phi) is 10.6. The predicted molar refractivity (Wildman–Crippen MR) is 125 cm³/mol. The Morgan fingerprint density at radius 1 is 1.00 bits per heavy atom. The monoisotopic (exact) mass is 550 g/mol. The number of amides is 1. The van der Waals surface area contributed by atoms with Crippen LogP contribution < -0.4 is 15.4 Å². The molecule has 0 saturated heterocycles. The number of alkyl halides is 3. The highest BCUT2D eigenvalue weighted by molar-refractivity contribution is 14.0. The molecule has 6 nitrogen and oxygen atoms in total. The topological polar surface area (TPSA) is 66.0 Å². The SMILES string of the molecule is COc1ccc(CN=C(NCC(=O)N(C)C)NCc2ccc(C(F)(F)F)cc2)cc1.I. The minimum Gasteiger partial charge on any atom is -0.497 e. The number of methoxy groups -OCH3 is 1. The van der Waals surface area contributed by atoms with Gasteiger partial charge in [-0.1, -0.05) is 24.3 Å². The molecule has 0 atom stereocenters. The molecule has 0 radical (unpaired) electrons. The van der Waals surface area contributed by atoms with E-state index >= 15 is 0 Å². The van der Waals surface area contributed by atoms with Crippen molar-refractivity contribution in [1.29, 1.82) is 0 Å². The third-order valence-corrected chi connectivity index (χ3v) is 4.23. The van der Waals surface area contributed by atoms with E-state index in [1.54, 1.807) is 21.2 Å². The number of hydrogen-bond donors (Lipinski definition) is 2. The third kappa shape index (κ3) is 9.03. The number of carbonyl (C=O) groups is 1. The molecule has 10 heteroatoms. The maximum atomic E-state index is 12.7. The summed E-state index contributed by atoms with van der Waals surface area (Å²) >= 11 is 0. The van der Waals surface area contributed by atoms with E-state index in [2.05, 4.69) is 15.6 Å². The first kappa shape index (κ1) is 26.5. The molecule has 0 aliphatic heterocycles. The number of nitrogens with one attached hydrogen (secondary N) is 2. The van der Waals surface area contributed by atoms with Crippen LogP contribution >= 0.6 is 24.0 Å². The summed E-state index contributed by atoms with van der Waals surface area (Å²) < 4.78 is 43.2. The molecule has 2 aromatic carbocycles. The molecular formula is C21H26F3IN4O2. The van der Waals surface area contributed by atoms with Gasteiger partial charge in [0.1, 0.15) is 5.75 Å². The van der Waals surface area contributed by atoms with Crippen molar-refractivity contribution in [2.75, 3.05) is 27.7 Å². The molecule has 2 aromatic rings. The van der Waals surface area contributed by atoms with E-state index < -0.39 is 11.7 Å². The molecule has 0 bridgehead atoms. The molecule has 2 N–H and O–H groups in total. The van der Waals surface area contributed by atoms with E-state index in [4.69, 9.17) is 4.74 Å². The largest absolute Gasteiger partial charge is 0.497 e. The maximum Gasteiger partial charge on any atom is 0.416 e. The molecule has 0 spiro atoms. The number of nitrogens with zero attached hydrogens (tertiary/aromatic N) is 2. The number of guanidine groups is 1. The normalized spacial score (nSPS) is 11.4. The lowest BCUT2D eigenvalue weighted by Gasteiger charge is -2.15. The van der Waals surface area contributed by atoms with Gasteiger partial charge in [0.2, 0.25) is 5.91 Å². The third-order valence-electron chi connectivity index (χ3n) is 4.23. The molecule has 0 aliphatic carbocycles.